The third-order valence-electron chi connectivity index (χ3n) is 3.60. The minimum atomic E-state index is -0.0251. The Balaban J connectivity index is 2.14. The summed E-state index contributed by atoms with van der Waals surface area (Å²) in [7, 11) is 0. The van der Waals surface area contributed by atoms with Crippen LogP contribution in [-0.2, 0) is 5.41 Å². The van der Waals surface area contributed by atoms with Gasteiger partial charge in [-0.1, -0.05) is 32.9 Å². The quantitative estimate of drug-likeness (QED) is 0.806. The fourth-order valence-electron chi connectivity index (χ4n) is 2.38. The Kier molecular flexibility index (Phi) is 2.94. The van der Waals surface area contributed by atoms with Crippen molar-refractivity contribution in [3.8, 4) is 0 Å². The Morgan fingerprint density at radius 1 is 1.18 bits per heavy atom. The lowest BCUT2D eigenvalue weighted by molar-refractivity contribution is 0.525. The van der Waals surface area contributed by atoms with E-state index in [0.717, 1.165) is 19.5 Å². The van der Waals surface area contributed by atoms with Crippen LogP contribution in [-0.4, -0.2) is 18.6 Å². The lowest BCUT2D eigenvalue weighted by Gasteiger charge is -2.24. The number of nitrogens with zero attached hydrogens (tertiary/aromatic N) is 1. The second-order valence-corrected chi connectivity index (χ2v) is 6.62. The van der Waals surface area contributed by atoms with Crippen LogP contribution in [0.4, 0.5) is 5.69 Å². The maximum Gasteiger partial charge on any atom is 0.0367 e. The van der Waals surface area contributed by atoms with Crippen LogP contribution in [0.3, 0.4) is 0 Å². The van der Waals surface area contributed by atoms with Crippen LogP contribution in [0.1, 0.15) is 39.7 Å². The Morgan fingerprint density at radius 3 is 2.18 bits per heavy atom. The minimum absolute atomic E-state index is 0.0251. The third-order valence-corrected chi connectivity index (χ3v) is 3.60. The van der Waals surface area contributed by atoms with Gasteiger partial charge in [-0.2, -0.15) is 0 Å². The zero-order valence-corrected chi connectivity index (χ0v) is 11.5. The molecule has 0 spiro atoms. The van der Waals surface area contributed by atoms with E-state index in [4.69, 9.17) is 5.73 Å². The number of rotatable bonds is 1. The molecule has 2 rings (SSSR count). The van der Waals surface area contributed by atoms with Crippen molar-refractivity contribution < 1.29 is 0 Å². The average Bonchev–Trinajstić information content (AvgIpc) is 2.58. The maximum absolute atomic E-state index is 6.16. The van der Waals surface area contributed by atoms with Gasteiger partial charge in [0.25, 0.3) is 0 Å². The first-order valence-corrected chi connectivity index (χ1v) is 6.42. The Labute approximate surface area is 105 Å². The van der Waals surface area contributed by atoms with Crippen molar-refractivity contribution in [3.05, 3.63) is 29.8 Å². The minimum Gasteiger partial charge on any atom is -0.370 e. The SMILES string of the molecule is CC1(N)CCN(c2ccc(C(C)(C)C)cc2)C1. The number of nitrogens with two attached hydrogens (primary N) is 1. The largest absolute Gasteiger partial charge is 0.370 e. The number of hydrogen-bond donors (Lipinski definition) is 1. The van der Waals surface area contributed by atoms with Crippen molar-refractivity contribution in [2.24, 2.45) is 5.73 Å². The van der Waals surface area contributed by atoms with Crippen LogP contribution in [0.2, 0.25) is 0 Å². The molecule has 1 atom stereocenters. The summed E-state index contributed by atoms with van der Waals surface area (Å²) in [6, 6.07) is 8.92. The highest BCUT2D eigenvalue weighted by Crippen LogP contribution is 2.28. The van der Waals surface area contributed by atoms with Crippen molar-refractivity contribution in [2.45, 2.75) is 45.1 Å². The molecule has 1 fully saturated rings. The second-order valence-electron chi connectivity index (χ2n) is 6.62. The molecule has 2 N–H and O–H groups in total. The van der Waals surface area contributed by atoms with Gasteiger partial charge in [-0.25, -0.2) is 0 Å². The summed E-state index contributed by atoms with van der Waals surface area (Å²) in [6.45, 7) is 10.9. The van der Waals surface area contributed by atoms with Gasteiger partial charge in [-0.05, 0) is 36.5 Å². The van der Waals surface area contributed by atoms with Gasteiger partial charge in [0, 0.05) is 24.3 Å². The summed E-state index contributed by atoms with van der Waals surface area (Å²) in [5.41, 5.74) is 9.05. The molecule has 0 bridgehead atoms. The number of hydrogen-bond acceptors (Lipinski definition) is 2. The maximum atomic E-state index is 6.16. The van der Waals surface area contributed by atoms with Crippen LogP contribution < -0.4 is 10.6 Å². The summed E-state index contributed by atoms with van der Waals surface area (Å²) in [4.78, 5) is 2.38. The summed E-state index contributed by atoms with van der Waals surface area (Å²) < 4.78 is 0. The lowest BCUT2D eigenvalue weighted by atomic mass is 9.87. The molecule has 0 aliphatic carbocycles. The Morgan fingerprint density at radius 2 is 1.76 bits per heavy atom. The molecule has 0 saturated carbocycles. The van der Waals surface area contributed by atoms with E-state index in [1.807, 2.05) is 0 Å². The van der Waals surface area contributed by atoms with Gasteiger partial charge in [0.15, 0.2) is 0 Å². The number of anilines is 1. The predicted molar refractivity (Wildman–Crippen MR) is 74.6 cm³/mol. The van der Waals surface area contributed by atoms with Crippen molar-refractivity contribution in [2.75, 3.05) is 18.0 Å². The van der Waals surface area contributed by atoms with Crippen LogP contribution >= 0.6 is 0 Å². The van der Waals surface area contributed by atoms with E-state index < -0.39 is 0 Å². The van der Waals surface area contributed by atoms with Gasteiger partial charge in [-0.3, -0.25) is 0 Å². The van der Waals surface area contributed by atoms with Crippen LogP contribution in [0, 0.1) is 0 Å². The van der Waals surface area contributed by atoms with E-state index in [2.05, 4.69) is 56.9 Å². The van der Waals surface area contributed by atoms with E-state index >= 15 is 0 Å². The molecule has 2 nitrogen and oxygen atoms in total. The third kappa shape index (κ3) is 2.81. The molecule has 0 aromatic heterocycles. The normalized spacial score (nSPS) is 25.4. The molecule has 2 heteroatoms. The average molecular weight is 232 g/mol. The van der Waals surface area contributed by atoms with Crippen molar-refractivity contribution in [1.29, 1.82) is 0 Å². The second kappa shape index (κ2) is 4.02. The standard InChI is InChI=1S/C15H24N2/c1-14(2,3)12-5-7-13(8-6-12)17-10-9-15(4,16)11-17/h5-8H,9-11,16H2,1-4H3. The fraction of sp³-hybridized carbons (Fsp3) is 0.600. The van der Waals surface area contributed by atoms with Gasteiger partial charge in [0.2, 0.25) is 0 Å². The van der Waals surface area contributed by atoms with Crippen molar-refractivity contribution >= 4 is 5.69 Å². The highest BCUT2D eigenvalue weighted by molar-refractivity contribution is 5.50. The van der Waals surface area contributed by atoms with Gasteiger partial charge in [0.05, 0.1) is 0 Å². The summed E-state index contributed by atoms with van der Waals surface area (Å²) in [5.74, 6) is 0. The summed E-state index contributed by atoms with van der Waals surface area (Å²) >= 11 is 0. The van der Waals surface area contributed by atoms with E-state index in [1.54, 1.807) is 0 Å². The van der Waals surface area contributed by atoms with Crippen molar-refractivity contribution in [1.82, 2.24) is 0 Å². The molecule has 1 aromatic rings. The Bertz CT molecular complexity index is 384. The van der Waals surface area contributed by atoms with E-state index in [1.165, 1.54) is 11.3 Å². The molecular weight excluding hydrogens is 208 g/mol. The predicted octanol–water partition coefficient (Wildman–Crippen LogP) is 2.91. The first-order valence-electron chi connectivity index (χ1n) is 6.42. The summed E-state index contributed by atoms with van der Waals surface area (Å²) in [6.07, 6.45) is 1.08. The molecule has 1 heterocycles. The first-order chi connectivity index (χ1) is 7.78. The zero-order valence-electron chi connectivity index (χ0n) is 11.5. The molecule has 1 aliphatic rings. The molecule has 1 saturated heterocycles. The van der Waals surface area contributed by atoms with Gasteiger partial charge >= 0.3 is 0 Å². The molecule has 1 aromatic carbocycles. The Hall–Kier alpha value is -1.02. The van der Waals surface area contributed by atoms with E-state index in [9.17, 15) is 0 Å². The molecule has 0 amide bonds. The molecular formula is C15H24N2. The smallest absolute Gasteiger partial charge is 0.0367 e. The lowest BCUT2D eigenvalue weighted by Crippen LogP contribution is -2.39. The van der Waals surface area contributed by atoms with Gasteiger partial charge in [0.1, 0.15) is 0 Å². The first kappa shape index (κ1) is 12.4. The van der Waals surface area contributed by atoms with Gasteiger partial charge < -0.3 is 10.6 Å². The van der Waals surface area contributed by atoms with Crippen LogP contribution in [0.25, 0.3) is 0 Å². The number of benzene rings is 1. The van der Waals surface area contributed by atoms with Crippen molar-refractivity contribution in [3.63, 3.8) is 0 Å². The van der Waals surface area contributed by atoms with E-state index in [-0.39, 0.29) is 11.0 Å². The molecule has 94 valence electrons. The molecule has 1 unspecified atom stereocenters. The monoisotopic (exact) mass is 232 g/mol. The highest BCUT2D eigenvalue weighted by atomic mass is 15.2. The molecule has 0 radical (unpaired) electrons. The summed E-state index contributed by atoms with van der Waals surface area (Å²) in [5, 5.41) is 0. The molecule has 1 aliphatic heterocycles. The van der Waals surface area contributed by atoms with E-state index in [0.29, 0.717) is 0 Å². The van der Waals surface area contributed by atoms with Crippen LogP contribution in [0.15, 0.2) is 24.3 Å². The molecule has 17 heavy (non-hydrogen) atoms. The van der Waals surface area contributed by atoms with Crippen LogP contribution in [0.5, 0.6) is 0 Å². The van der Waals surface area contributed by atoms with Gasteiger partial charge in [-0.15, -0.1) is 0 Å². The topological polar surface area (TPSA) is 29.3 Å². The fourth-order valence-corrected chi connectivity index (χ4v) is 2.38. The highest BCUT2D eigenvalue weighted by Gasteiger charge is 2.29. The zero-order chi connectivity index (χ0) is 12.7.